The Kier molecular flexibility index (Phi) is 9.10. The summed E-state index contributed by atoms with van der Waals surface area (Å²) < 4.78 is 11.4. The van der Waals surface area contributed by atoms with Gasteiger partial charge in [-0.25, -0.2) is 4.79 Å². The Labute approximate surface area is 224 Å². The van der Waals surface area contributed by atoms with Crippen molar-refractivity contribution in [1.82, 2.24) is 19.7 Å². The summed E-state index contributed by atoms with van der Waals surface area (Å²) >= 11 is 0. The predicted octanol–water partition coefficient (Wildman–Crippen LogP) is 4.51. The monoisotopic (exact) mass is 518 g/mol. The number of aromatic nitrogens is 1. The number of unbranched alkanes of at least 4 members (excludes halogenated alkanes) is 1. The third kappa shape index (κ3) is 6.77. The summed E-state index contributed by atoms with van der Waals surface area (Å²) in [6.45, 7) is 6.10. The molecular formula is C29H38N6O3. The van der Waals surface area contributed by atoms with Crippen LogP contribution < -0.4 is 14.8 Å². The smallest absolute Gasteiger partial charge is 0.321 e. The molecule has 1 aromatic heterocycles. The number of urea groups is 1. The van der Waals surface area contributed by atoms with Crippen molar-refractivity contribution in [2.45, 2.75) is 32.4 Å². The molecule has 2 amide bonds. The third-order valence-electron chi connectivity index (χ3n) is 7.17. The number of methoxy groups -OCH3 is 1. The maximum Gasteiger partial charge on any atom is 0.321 e. The Bertz CT molecular complexity index is 1270. The second kappa shape index (κ2) is 12.7. The third-order valence-corrected chi connectivity index (χ3v) is 7.17. The molecule has 0 aliphatic carbocycles. The van der Waals surface area contributed by atoms with Gasteiger partial charge in [0.25, 0.3) is 0 Å². The van der Waals surface area contributed by atoms with Gasteiger partial charge in [-0.2, -0.15) is 5.26 Å². The number of hydrogen-bond acceptors (Lipinski definition) is 6. The highest BCUT2D eigenvalue weighted by Crippen LogP contribution is 2.31. The minimum Gasteiger partial charge on any atom is -0.493 e. The first kappa shape index (κ1) is 27.3. The summed E-state index contributed by atoms with van der Waals surface area (Å²) in [5.41, 5.74) is 3.72. The van der Waals surface area contributed by atoms with E-state index in [0.717, 1.165) is 49.8 Å². The number of amides is 2. The Hall–Kier alpha value is -3.74. The van der Waals surface area contributed by atoms with Crippen LogP contribution in [0.5, 0.6) is 11.5 Å². The zero-order valence-corrected chi connectivity index (χ0v) is 22.8. The molecule has 1 aliphatic rings. The van der Waals surface area contributed by atoms with Crippen molar-refractivity contribution in [1.29, 1.82) is 5.26 Å². The number of nitrogens with one attached hydrogen (secondary N) is 2. The van der Waals surface area contributed by atoms with Crippen molar-refractivity contribution in [2.75, 3.05) is 59.2 Å². The molecule has 9 nitrogen and oxygen atoms in total. The molecule has 1 fully saturated rings. The number of carbonyl (C=O) groups excluding carboxylic acids is 1. The molecule has 2 aromatic carbocycles. The van der Waals surface area contributed by atoms with E-state index in [1.54, 1.807) is 7.11 Å². The van der Waals surface area contributed by atoms with Crippen molar-refractivity contribution in [3.8, 4) is 17.6 Å². The first-order valence-corrected chi connectivity index (χ1v) is 13.2. The van der Waals surface area contributed by atoms with Gasteiger partial charge in [-0.15, -0.1) is 0 Å². The molecular weight excluding hydrogens is 480 g/mol. The number of piperazine rings is 1. The van der Waals surface area contributed by atoms with Crippen LogP contribution in [0.1, 0.15) is 30.9 Å². The normalized spacial score (nSPS) is 14.9. The van der Waals surface area contributed by atoms with E-state index in [4.69, 9.17) is 9.47 Å². The molecule has 1 unspecified atom stereocenters. The quantitative estimate of drug-likeness (QED) is 0.303. The zero-order valence-electron chi connectivity index (χ0n) is 22.8. The number of fused-ring (bicyclic) bond motifs is 1. The second-order valence-electron chi connectivity index (χ2n) is 9.95. The Balaban J connectivity index is 1.21. The van der Waals surface area contributed by atoms with Gasteiger partial charge in [0.1, 0.15) is 6.23 Å². The summed E-state index contributed by atoms with van der Waals surface area (Å²) in [5.74, 6) is 1.22. The molecule has 3 aromatic rings. The van der Waals surface area contributed by atoms with Gasteiger partial charge in [0, 0.05) is 55.0 Å². The first-order chi connectivity index (χ1) is 18.4. The summed E-state index contributed by atoms with van der Waals surface area (Å²) in [6, 6.07) is 13.4. The lowest BCUT2D eigenvalue weighted by Crippen LogP contribution is -2.50. The minimum absolute atomic E-state index is 0.0995. The van der Waals surface area contributed by atoms with E-state index in [0.29, 0.717) is 35.8 Å². The van der Waals surface area contributed by atoms with Crippen molar-refractivity contribution in [3.05, 3.63) is 53.7 Å². The number of aromatic amines is 1. The van der Waals surface area contributed by atoms with Crippen LogP contribution in [0.4, 0.5) is 10.5 Å². The van der Waals surface area contributed by atoms with E-state index in [-0.39, 0.29) is 12.3 Å². The molecule has 2 N–H and O–H groups in total. The predicted molar refractivity (Wildman–Crippen MR) is 150 cm³/mol. The van der Waals surface area contributed by atoms with Gasteiger partial charge in [-0.1, -0.05) is 0 Å². The van der Waals surface area contributed by atoms with E-state index in [9.17, 15) is 10.1 Å². The van der Waals surface area contributed by atoms with E-state index in [1.807, 2.05) is 67.2 Å². The highest BCUT2D eigenvalue weighted by molar-refractivity contribution is 5.90. The highest BCUT2D eigenvalue weighted by Gasteiger charge is 2.21. The van der Waals surface area contributed by atoms with Gasteiger partial charge in [-0.3, -0.25) is 9.80 Å². The molecule has 0 radical (unpaired) electrons. The van der Waals surface area contributed by atoms with Gasteiger partial charge in [0.2, 0.25) is 0 Å². The lowest BCUT2D eigenvalue weighted by atomic mass is 10.1. The van der Waals surface area contributed by atoms with Crippen LogP contribution in [-0.4, -0.2) is 85.9 Å². The summed E-state index contributed by atoms with van der Waals surface area (Å²) in [6.07, 6.45) is 5.08. The Morgan fingerprint density at radius 3 is 2.63 bits per heavy atom. The number of benzene rings is 2. The van der Waals surface area contributed by atoms with E-state index in [1.165, 1.54) is 5.56 Å². The number of hydrogen-bond donors (Lipinski definition) is 2. The maximum absolute atomic E-state index is 12.9. The van der Waals surface area contributed by atoms with Gasteiger partial charge in [0.05, 0.1) is 18.7 Å². The first-order valence-electron chi connectivity index (χ1n) is 13.2. The summed E-state index contributed by atoms with van der Waals surface area (Å²) in [5, 5.41) is 13.3. The van der Waals surface area contributed by atoms with E-state index >= 15 is 0 Å². The minimum atomic E-state index is -0.137. The summed E-state index contributed by atoms with van der Waals surface area (Å²) in [4.78, 5) is 22.5. The SMILES string of the molecule is COc1ccc(NC(=O)N2CCN(CCCCc3c[nH]c4ccc(C#N)cc34)CC2)cc1OC(C)N(C)C. The molecule has 9 heteroatoms. The summed E-state index contributed by atoms with van der Waals surface area (Å²) in [7, 11) is 5.49. The molecule has 1 atom stereocenters. The number of nitrogens with zero attached hydrogens (tertiary/aromatic N) is 4. The van der Waals surface area contributed by atoms with Gasteiger partial charge in [-0.05, 0) is 82.7 Å². The topological polar surface area (TPSA) is 96.9 Å². The van der Waals surface area contributed by atoms with Crippen LogP contribution in [0.3, 0.4) is 0 Å². The molecule has 1 saturated heterocycles. The standard InChI is InChI=1S/C29H38N6O3/c1-21(33(2)3)38-28-18-24(9-11-27(28)37-4)32-29(36)35-15-13-34(14-16-35)12-6-5-7-23-20-31-26-10-8-22(19-30)17-25(23)26/h8-11,17-18,20-21,31H,5-7,12-16H2,1-4H3,(H,32,36). The number of nitriles is 1. The molecule has 202 valence electrons. The Morgan fingerprint density at radius 2 is 1.92 bits per heavy atom. The Morgan fingerprint density at radius 1 is 1.13 bits per heavy atom. The molecule has 0 saturated carbocycles. The average molecular weight is 519 g/mol. The lowest BCUT2D eigenvalue weighted by molar-refractivity contribution is 0.0785. The van der Waals surface area contributed by atoms with Crippen molar-refractivity contribution in [2.24, 2.45) is 0 Å². The van der Waals surface area contributed by atoms with Crippen LogP contribution in [0.25, 0.3) is 10.9 Å². The van der Waals surface area contributed by atoms with Crippen LogP contribution in [0, 0.1) is 11.3 Å². The lowest BCUT2D eigenvalue weighted by Gasteiger charge is -2.34. The number of rotatable bonds is 10. The molecule has 1 aliphatic heterocycles. The highest BCUT2D eigenvalue weighted by atomic mass is 16.5. The van der Waals surface area contributed by atoms with Crippen LogP contribution in [-0.2, 0) is 6.42 Å². The second-order valence-corrected chi connectivity index (χ2v) is 9.95. The van der Waals surface area contributed by atoms with E-state index < -0.39 is 0 Å². The number of anilines is 1. The molecule has 4 rings (SSSR count). The van der Waals surface area contributed by atoms with Gasteiger partial charge in [0.15, 0.2) is 11.5 Å². The van der Waals surface area contributed by atoms with Crippen molar-refractivity contribution >= 4 is 22.6 Å². The van der Waals surface area contributed by atoms with E-state index in [2.05, 4.69) is 27.5 Å². The number of carbonyl (C=O) groups is 1. The molecule has 0 spiro atoms. The number of H-pyrrole nitrogens is 1. The van der Waals surface area contributed by atoms with Crippen molar-refractivity contribution < 1.29 is 14.3 Å². The molecule has 2 heterocycles. The maximum atomic E-state index is 12.9. The van der Waals surface area contributed by atoms with Gasteiger partial charge < -0.3 is 24.7 Å². The largest absolute Gasteiger partial charge is 0.493 e. The zero-order chi connectivity index (χ0) is 27.1. The fourth-order valence-electron chi connectivity index (χ4n) is 4.62. The fraction of sp³-hybridized carbons (Fsp3) is 0.448. The molecule has 0 bridgehead atoms. The van der Waals surface area contributed by atoms with Crippen LogP contribution in [0.2, 0.25) is 0 Å². The molecule has 38 heavy (non-hydrogen) atoms. The average Bonchev–Trinajstić information content (AvgIpc) is 3.33. The van der Waals surface area contributed by atoms with Crippen LogP contribution in [0.15, 0.2) is 42.6 Å². The number of aryl methyl sites for hydroxylation is 1. The van der Waals surface area contributed by atoms with Crippen LogP contribution >= 0.6 is 0 Å². The fourth-order valence-corrected chi connectivity index (χ4v) is 4.62. The number of ether oxygens (including phenoxy) is 2. The van der Waals surface area contributed by atoms with Gasteiger partial charge >= 0.3 is 6.03 Å². The van der Waals surface area contributed by atoms with Crippen molar-refractivity contribution in [3.63, 3.8) is 0 Å².